The van der Waals surface area contributed by atoms with Crippen LogP contribution < -0.4 is 9.47 Å². The largest absolute Gasteiger partial charge is 0.497 e. The summed E-state index contributed by atoms with van der Waals surface area (Å²) in [7, 11) is 3.34. The van der Waals surface area contributed by atoms with Gasteiger partial charge in [0.25, 0.3) is 5.91 Å². The lowest BCUT2D eigenvalue weighted by molar-refractivity contribution is 0.0774. The van der Waals surface area contributed by atoms with E-state index in [2.05, 4.69) is 0 Å². The second-order valence-electron chi connectivity index (χ2n) is 4.73. The molecule has 1 amide bonds. The van der Waals surface area contributed by atoms with E-state index >= 15 is 0 Å². The van der Waals surface area contributed by atoms with Gasteiger partial charge < -0.3 is 14.4 Å². The van der Waals surface area contributed by atoms with Gasteiger partial charge in [-0.15, -0.1) is 0 Å². The average Bonchev–Trinajstić information content (AvgIpc) is 2.55. The van der Waals surface area contributed by atoms with Crippen LogP contribution in [0.1, 0.15) is 10.4 Å². The molecule has 4 nitrogen and oxygen atoms in total. The van der Waals surface area contributed by atoms with Crippen LogP contribution in [0, 0.1) is 0 Å². The first kappa shape index (κ1) is 16.2. The fourth-order valence-corrected chi connectivity index (χ4v) is 2.13. The van der Waals surface area contributed by atoms with E-state index in [1.807, 2.05) is 24.3 Å². The molecule has 0 saturated heterocycles. The number of hydrogen-bond acceptors (Lipinski definition) is 3. The van der Waals surface area contributed by atoms with Gasteiger partial charge in [0.2, 0.25) is 0 Å². The van der Waals surface area contributed by atoms with Crippen LogP contribution in [0.25, 0.3) is 0 Å². The van der Waals surface area contributed by atoms with E-state index in [9.17, 15) is 4.79 Å². The molecule has 0 aliphatic rings. The highest BCUT2D eigenvalue weighted by Crippen LogP contribution is 2.18. The lowest BCUT2D eigenvalue weighted by atomic mass is 10.2. The van der Waals surface area contributed by atoms with E-state index in [1.54, 1.807) is 43.3 Å². The Balaban J connectivity index is 1.85. The van der Waals surface area contributed by atoms with Crippen LogP contribution in [0.5, 0.6) is 11.5 Å². The molecular weight excluding hydrogens is 302 g/mol. The zero-order valence-corrected chi connectivity index (χ0v) is 13.3. The minimum Gasteiger partial charge on any atom is -0.497 e. The zero-order chi connectivity index (χ0) is 15.9. The van der Waals surface area contributed by atoms with Crippen molar-refractivity contribution in [2.45, 2.75) is 0 Å². The van der Waals surface area contributed by atoms with E-state index in [0.717, 1.165) is 11.5 Å². The van der Waals surface area contributed by atoms with Crippen molar-refractivity contribution in [1.82, 2.24) is 4.90 Å². The molecule has 0 radical (unpaired) electrons. The predicted molar refractivity (Wildman–Crippen MR) is 86.9 cm³/mol. The van der Waals surface area contributed by atoms with Gasteiger partial charge in [-0.1, -0.05) is 23.7 Å². The number of hydrogen-bond donors (Lipinski definition) is 0. The van der Waals surface area contributed by atoms with Gasteiger partial charge in [0.05, 0.1) is 24.2 Å². The van der Waals surface area contributed by atoms with Gasteiger partial charge >= 0.3 is 0 Å². The van der Waals surface area contributed by atoms with Crippen LogP contribution in [0.15, 0.2) is 48.5 Å². The van der Waals surface area contributed by atoms with Crippen LogP contribution in [-0.2, 0) is 0 Å². The minimum atomic E-state index is -0.121. The Morgan fingerprint density at radius 2 is 1.73 bits per heavy atom. The molecule has 2 aromatic carbocycles. The molecule has 2 rings (SSSR count). The first-order chi connectivity index (χ1) is 10.6. The van der Waals surface area contributed by atoms with Gasteiger partial charge in [-0.2, -0.15) is 0 Å². The highest BCUT2D eigenvalue weighted by Gasteiger charge is 2.14. The number of amides is 1. The standard InChI is InChI=1S/C17H18ClNO3/c1-19(17(20)15-5-3-4-6-16(15)18)11-12-22-14-9-7-13(21-2)8-10-14/h3-10H,11-12H2,1-2H3. The topological polar surface area (TPSA) is 38.8 Å². The fourth-order valence-electron chi connectivity index (χ4n) is 1.91. The van der Waals surface area contributed by atoms with Gasteiger partial charge in [0, 0.05) is 7.05 Å². The average molecular weight is 320 g/mol. The van der Waals surface area contributed by atoms with Crippen molar-refractivity contribution in [3.8, 4) is 11.5 Å². The van der Waals surface area contributed by atoms with Crippen LogP contribution in [0.4, 0.5) is 0 Å². The zero-order valence-electron chi connectivity index (χ0n) is 12.6. The number of carbonyl (C=O) groups is 1. The van der Waals surface area contributed by atoms with Crippen molar-refractivity contribution in [3.05, 3.63) is 59.1 Å². The van der Waals surface area contributed by atoms with E-state index in [-0.39, 0.29) is 5.91 Å². The molecule has 0 N–H and O–H groups in total. The van der Waals surface area contributed by atoms with Crippen molar-refractivity contribution in [2.24, 2.45) is 0 Å². The van der Waals surface area contributed by atoms with Gasteiger partial charge in [0.15, 0.2) is 0 Å². The van der Waals surface area contributed by atoms with Crippen molar-refractivity contribution in [1.29, 1.82) is 0 Å². The molecule has 0 aromatic heterocycles. The van der Waals surface area contributed by atoms with Gasteiger partial charge in [-0.3, -0.25) is 4.79 Å². The third-order valence-corrected chi connectivity index (χ3v) is 3.54. The van der Waals surface area contributed by atoms with Crippen LogP contribution in [0.3, 0.4) is 0 Å². The van der Waals surface area contributed by atoms with Crippen molar-refractivity contribution < 1.29 is 14.3 Å². The van der Waals surface area contributed by atoms with Crippen LogP contribution in [-0.4, -0.2) is 38.1 Å². The Labute approximate surface area is 135 Å². The molecule has 0 fully saturated rings. The Morgan fingerprint density at radius 1 is 1.09 bits per heavy atom. The smallest absolute Gasteiger partial charge is 0.255 e. The SMILES string of the molecule is COc1ccc(OCCN(C)C(=O)c2ccccc2Cl)cc1. The summed E-state index contributed by atoms with van der Waals surface area (Å²) in [5, 5.41) is 0.454. The van der Waals surface area contributed by atoms with E-state index in [0.29, 0.717) is 23.7 Å². The number of methoxy groups -OCH3 is 1. The summed E-state index contributed by atoms with van der Waals surface area (Å²) in [6.07, 6.45) is 0. The van der Waals surface area contributed by atoms with E-state index in [4.69, 9.17) is 21.1 Å². The highest BCUT2D eigenvalue weighted by molar-refractivity contribution is 6.33. The number of halogens is 1. The first-order valence-corrected chi connectivity index (χ1v) is 7.26. The number of nitrogens with zero attached hydrogens (tertiary/aromatic N) is 1. The minimum absolute atomic E-state index is 0.121. The quantitative estimate of drug-likeness (QED) is 0.818. The van der Waals surface area contributed by atoms with Gasteiger partial charge in [-0.25, -0.2) is 0 Å². The first-order valence-electron chi connectivity index (χ1n) is 6.88. The van der Waals surface area contributed by atoms with E-state index < -0.39 is 0 Å². The Morgan fingerprint density at radius 3 is 2.36 bits per heavy atom. The molecule has 0 aliphatic heterocycles. The van der Waals surface area contributed by atoms with E-state index in [1.165, 1.54) is 0 Å². The maximum absolute atomic E-state index is 12.3. The summed E-state index contributed by atoms with van der Waals surface area (Å²) in [6, 6.07) is 14.3. The van der Waals surface area contributed by atoms with Gasteiger partial charge in [-0.05, 0) is 36.4 Å². The second kappa shape index (κ2) is 7.71. The number of benzene rings is 2. The number of carbonyl (C=O) groups excluding carboxylic acids is 1. The van der Waals surface area contributed by atoms with Crippen molar-refractivity contribution in [3.63, 3.8) is 0 Å². The van der Waals surface area contributed by atoms with Crippen LogP contribution in [0.2, 0.25) is 5.02 Å². The van der Waals surface area contributed by atoms with Crippen molar-refractivity contribution in [2.75, 3.05) is 27.3 Å². The molecule has 0 atom stereocenters. The second-order valence-corrected chi connectivity index (χ2v) is 5.14. The molecular formula is C17H18ClNO3. The predicted octanol–water partition coefficient (Wildman–Crippen LogP) is 3.50. The molecule has 0 heterocycles. The molecule has 0 aliphatic carbocycles. The Hall–Kier alpha value is -2.20. The molecule has 0 unspecified atom stereocenters. The molecule has 0 saturated carbocycles. The number of likely N-dealkylation sites (N-methyl/N-ethyl adjacent to an activating group) is 1. The molecule has 0 bridgehead atoms. The fraction of sp³-hybridized carbons (Fsp3) is 0.235. The lowest BCUT2D eigenvalue weighted by Gasteiger charge is -2.18. The maximum atomic E-state index is 12.3. The van der Waals surface area contributed by atoms with Crippen molar-refractivity contribution >= 4 is 17.5 Å². The summed E-state index contributed by atoms with van der Waals surface area (Å²) in [4.78, 5) is 13.8. The monoisotopic (exact) mass is 319 g/mol. The summed E-state index contributed by atoms with van der Waals surface area (Å²) < 4.78 is 10.7. The third-order valence-electron chi connectivity index (χ3n) is 3.21. The Bertz CT molecular complexity index is 628. The third kappa shape index (κ3) is 4.15. The summed E-state index contributed by atoms with van der Waals surface area (Å²) >= 11 is 6.03. The molecule has 5 heteroatoms. The number of ether oxygens (including phenoxy) is 2. The maximum Gasteiger partial charge on any atom is 0.255 e. The molecule has 116 valence electrons. The molecule has 2 aromatic rings. The highest BCUT2D eigenvalue weighted by atomic mass is 35.5. The number of rotatable bonds is 6. The normalized spacial score (nSPS) is 10.1. The summed E-state index contributed by atoms with van der Waals surface area (Å²) in [6.45, 7) is 0.870. The molecule has 0 spiro atoms. The summed E-state index contributed by atoms with van der Waals surface area (Å²) in [5.74, 6) is 1.39. The lowest BCUT2D eigenvalue weighted by Crippen LogP contribution is -2.31. The van der Waals surface area contributed by atoms with Gasteiger partial charge in [0.1, 0.15) is 18.1 Å². The van der Waals surface area contributed by atoms with Crippen LogP contribution >= 0.6 is 11.6 Å². The summed E-state index contributed by atoms with van der Waals surface area (Å²) in [5.41, 5.74) is 0.496. The Kier molecular flexibility index (Phi) is 5.67. The molecule has 22 heavy (non-hydrogen) atoms.